The predicted octanol–water partition coefficient (Wildman–Crippen LogP) is 0.931. The molecule has 0 fully saturated rings. The van der Waals surface area contributed by atoms with Crippen LogP contribution < -0.4 is 15.4 Å². The van der Waals surface area contributed by atoms with Gasteiger partial charge in [0.2, 0.25) is 0 Å². The number of hydrogen-bond acceptors (Lipinski definition) is 5. The van der Waals surface area contributed by atoms with Crippen LogP contribution in [0.2, 0.25) is 0 Å². The number of aromatic nitrogens is 1. The summed E-state index contributed by atoms with van der Waals surface area (Å²) in [4.78, 5) is 23.7. The van der Waals surface area contributed by atoms with Crippen molar-refractivity contribution >= 4 is 23.8 Å². The fraction of sp³-hybridized carbons (Fsp3) is 0.357. The molecule has 7 nitrogen and oxygen atoms in total. The summed E-state index contributed by atoms with van der Waals surface area (Å²) in [6.45, 7) is 3.62. The second kappa shape index (κ2) is 7.17. The Morgan fingerprint density at radius 2 is 2.27 bits per heavy atom. The van der Waals surface area contributed by atoms with Crippen LogP contribution in [0.4, 0.5) is 4.79 Å². The van der Waals surface area contributed by atoms with E-state index in [4.69, 9.17) is 4.74 Å². The number of nitrogens with zero attached hydrogens (tertiary/aromatic N) is 1. The highest BCUT2D eigenvalue weighted by atomic mass is 32.2. The van der Waals surface area contributed by atoms with Gasteiger partial charge in [0.05, 0.1) is 18.2 Å². The highest BCUT2D eigenvalue weighted by molar-refractivity contribution is 7.99. The summed E-state index contributed by atoms with van der Waals surface area (Å²) in [5, 5.41) is 17.4. The van der Waals surface area contributed by atoms with Crippen molar-refractivity contribution in [3.8, 4) is 0 Å². The van der Waals surface area contributed by atoms with E-state index in [0.29, 0.717) is 22.0 Å². The lowest BCUT2D eigenvalue weighted by Crippen LogP contribution is -2.51. The highest BCUT2D eigenvalue weighted by Crippen LogP contribution is 2.21. The molecule has 0 saturated carbocycles. The Hall–Kier alpha value is -2.22. The Kier molecular flexibility index (Phi) is 5.26. The number of thioether (sulfide) groups is 1. The van der Waals surface area contributed by atoms with E-state index >= 15 is 0 Å². The minimum absolute atomic E-state index is 0.253. The maximum absolute atomic E-state index is 12.1. The van der Waals surface area contributed by atoms with Gasteiger partial charge in [-0.3, -0.25) is 0 Å². The van der Waals surface area contributed by atoms with Crippen LogP contribution in [0.15, 0.2) is 40.7 Å². The third kappa shape index (κ3) is 3.70. The maximum atomic E-state index is 12.1. The topological polar surface area (TPSA) is 94.4 Å². The van der Waals surface area contributed by atoms with Crippen LogP contribution in [0.25, 0.3) is 0 Å². The molecule has 2 amide bonds. The molecule has 0 radical (unpaired) electrons. The van der Waals surface area contributed by atoms with E-state index in [-0.39, 0.29) is 12.6 Å². The molecule has 22 heavy (non-hydrogen) atoms. The van der Waals surface area contributed by atoms with Gasteiger partial charge in [-0.1, -0.05) is 11.8 Å². The highest BCUT2D eigenvalue weighted by Gasteiger charge is 2.31. The molecular formula is C14H17N3O4S. The summed E-state index contributed by atoms with van der Waals surface area (Å²) in [5.41, 5.74) is 0.846. The normalized spacial score (nSPS) is 17.7. The third-order valence-corrected chi connectivity index (χ3v) is 4.15. The third-order valence-electron chi connectivity index (χ3n) is 3.04. The molecule has 2 heterocycles. The minimum Gasteiger partial charge on any atom is -0.618 e. The lowest BCUT2D eigenvalue weighted by molar-refractivity contribution is -0.645. The van der Waals surface area contributed by atoms with Gasteiger partial charge in [0.15, 0.2) is 6.20 Å². The van der Waals surface area contributed by atoms with Crippen LogP contribution in [0.3, 0.4) is 0 Å². The summed E-state index contributed by atoms with van der Waals surface area (Å²) >= 11 is 1.26. The Bertz CT molecular complexity index is 618. The molecule has 1 aliphatic rings. The quantitative estimate of drug-likeness (QED) is 0.364. The molecule has 1 aliphatic heterocycles. The first-order valence-electron chi connectivity index (χ1n) is 6.79. The number of urea groups is 1. The molecule has 118 valence electrons. The van der Waals surface area contributed by atoms with Crippen molar-refractivity contribution in [2.24, 2.45) is 0 Å². The summed E-state index contributed by atoms with van der Waals surface area (Å²) in [6, 6.07) is 4.18. The molecule has 0 unspecified atom stereocenters. The number of hydrogen-bond donors (Lipinski definition) is 2. The number of carbonyl (C=O) groups excluding carboxylic acids is 2. The first-order chi connectivity index (χ1) is 10.5. The fourth-order valence-electron chi connectivity index (χ4n) is 2.09. The van der Waals surface area contributed by atoms with Gasteiger partial charge < -0.3 is 20.6 Å². The van der Waals surface area contributed by atoms with Gasteiger partial charge in [-0.15, -0.1) is 0 Å². The van der Waals surface area contributed by atoms with Crippen LogP contribution in [-0.4, -0.2) is 30.4 Å². The van der Waals surface area contributed by atoms with Crippen molar-refractivity contribution in [3.63, 3.8) is 0 Å². The predicted molar refractivity (Wildman–Crippen MR) is 80.9 cm³/mol. The Balaban J connectivity index is 2.16. The van der Waals surface area contributed by atoms with Crippen LogP contribution in [0, 0.1) is 5.21 Å². The first-order valence-corrected chi connectivity index (χ1v) is 7.78. The van der Waals surface area contributed by atoms with Gasteiger partial charge in [-0.2, -0.15) is 4.73 Å². The second-order valence-electron chi connectivity index (χ2n) is 4.59. The van der Waals surface area contributed by atoms with E-state index < -0.39 is 12.0 Å². The van der Waals surface area contributed by atoms with Gasteiger partial charge in [0.25, 0.3) is 5.03 Å². The lowest BCUT2D eigenvalue weighted by atomic mass is 10.1. The van der Waals surface area contributed by atoms with E-state index in [1.54, 1.807) is 32.0 Å². The molecule has 2 rings (SSSR count). The van der Waals surface area contributed by atoms with Crippen molar-refractivity contribution in [1.29, 1.82) is 0 Å². The Labute approximate surface area is 132 Å². The van der Waals surface area contributed by atoms with Crippen molar-refractivity contribution in [1.82, 2.24) is 10.6 Å². The van der Waals surface area contributed by atoms with E-state index in [0.717, 1.165) is 4.73 Å². The van der Waals surface area contributed by atoms with E-state index in [1.807, 2.05) is 0 Å². The summed E-state index contributed by atoms with van der Waals surface area (Å²) in [7, 11) is 0. The van der Waals surface area contributed by atoms with Crippen LogP contribution in [0.1, 0.15) is 13.8 Å². The Morgan fingerprint density at radius 3 is 2.95 bits per heavy atom. The standard InChI is InChI=1S/C14H17N3O4S/c1-3-21-13(18)12-9(2)15-14(19)16-10(12)8-22-11-6-4-5-7-17(11)20/h4-7,10H,3,8H2,1-2H3,(H2,15,16,19)/t10-/m1/s1. The number of nitrogens with one attached hydrogen (secondary N) is 2. The number of carbonyl (C=O) groups is 2. The molecule has 8 heteroatoms. The monoisotopic (exact) mass is 323 g/mol. The van der Waals surface area contributed by atoms with Crippen molar-refractivity contribution in [2.75, 3.05) is 12.4 Å². The molecule has 1 aromatic heterocycles. The summed E-state index contributed by atoms with van der Waals surface area (Å²) in [6.07, 6.45) is 1.40. The van der Waals surface area contributed by atoms with Crippen molar-refractivity contribution in [2.45, 2.75) is 24.9 Å². The average molecular weight is 323 g/mol. The summed E-state index contributed by atoms with van der Waals surface area (Å²) < 4.78 is 5.77. The van der Waals surface area contributed by atoms with Gasteiger partial charge >= 0.3 is 12.0 Å². The van der Waals surface area contributed by atoms with Crippen LogP contribution in [0.5, 0.6) is 0 Å². The fourth-order valence-corrected chi connectivity index (χ4v) is 3.04. The molecule has 0 saturated heterocycles. The molecule has 0 spiro atoms. The van der Waals surface area contributed by atoms with Crippen molar-refractivity contribution in [3.05, 3.63) is 40.9 Å². The van der Waals surface area contributed by atoms with Crippen LogP contribution in [-0.2, 0) is 9.53 Å². The number of amides is 2. The lowest BCUT2D eigenvalue weighted by Gasteiger charge is -2.27. The van der Waals surface area contributed by atoms with Gasteiger partial charge in [0, 0.05) is 23.6 Å². The zero-order valence-electron chi connectivity index (χ0n) is 12.3. The largest absolute Gasteiger partial charge is 0.618 e. The zero-order valence-corrected chi connectivity index (χ0v) is 13.1. The van der Waals surface area contributed by atoms with Gasteiger partial charge in [-0.05, 0) is 19.9 Å². The number of rotatable bonds is 5. The van der Waals surface area contributed by atoms with E-state index in [9.17, 15) is 14.8 Å². The number of ether oxygens (including phenoxy) is 1. The molecule has 0 aliphatic carbocycles. The Morgan fingerprint density at radius 1 is 1.50 bits per heavy atom. The van der Waals surface area contributed by atoms with Gasteiger partial charge in [-0.25, -0.2) is 9.59 Å². The molecular weight excluding hydrogens is 306 g/mol. The van der Waals surface area contributed by atoms with Gasteiger partial charge in [0.1, 0.15) is 0 Å². The number of allylic oxidation sites excluding steroid dienone is 1. The van der Waals surface area contributed by atoms with E-state index in [2.05, 4.69) is 10.6 Å². The molecule has 2 N–H and O–H groups in total. The summed E-state index contributed by atoms with van der Waals surface area (Å²) in [5.74, 6) is -0.119. The van der Waals surface area contributed by atoms with E-state index in [1.165, 1.54) is 18.0 Å². The number of pyridine rings is 1. The SMILES string of the molecule is CCOC(=O)C1=C(C)NC(=O)N[C@@H]1CSc1cccc[n+]1[O-]. The van der Waals surface area contributed by atoms with Crippen LogP contribution >= 0.6 is 11.8 Å². The molecule has 1 atom stereocenters. The molecule has 1 aromatic rings. The second-order valence-corrected chi connectivity index (χ2v) is 5.63. The van der Waals surface area contributed by atoms with Crippen molar-refractivity contribution < 1.29 is 19.1 Å². The average Bonchev–Trinajstić information content (AvgIpc) is 2.46. The molecule has 0 bridgehead atoms. The number of esters is 1. The maximum Gasteiger partial charge on any atom is 0.337 e. The minimum atomic E-state index is -0.516. The first kappa shape index (κ1) is 16.2. The molecule has 0 aromatic carbocycles. The zero-order chi connectivity index (χ0) is 16.1. The smallest absolute Gasteiger partial charge is 0.337 e.